The van der Waals surface area contributed by atoms with E-state index in [1.807, 2.05) is 12.1 Å². The van der Waals surface area contributed by atoms with Gasteiger partial charge < -0.3 is 14.8 Å². The lowest BCUT2D eigenvalue weighted by molar-refractivity contribution is -0.123. The first kappa shape index (κ1) is 20.1. The number of carbonyl (C=O) groups is 1. The van der Waals surface area contributed by atoms with Crippen LogP contribution in [0.15, 0.2) is 48.5 Å². The maximum atomic E-state index is 12.5. The van der Waals surface area contributed by atoms with Crippen LogP contribution in [0.4, 0.5) is 5.69 Å². The van der Waals surface area contributed by atoms with Crippen LogP contribution in [0, 0.1) is 0 Å². The Morgan fingerprint density at radius 1 is 1.06 bits per heavy atom. The van der Waals surface area contributed by atoms with E-state index in [1.165, 1.54) is 24.9 Å². The molecule has 6 heteroatoms. The minimum Gasteiger partial charge on any atom is -0.369 e. The van der Waals surface area contributed by atoms with Crippen molar-refractivity contribution in [3.8, 4) is 11.4 Å². The second kappa shape index (κ2) is 8.71. The Labute approximate surface area is 183 Å². The van der Waals surface area contributed by atoms with Crippen LogP contribution in [-0.4, -0.2) is 59.1 Å². The van der Waals surface area contributed by atoms with Gasteiger partial charge >= 0.3 is 0 Å². The summed E-state index contributed by atoms with van der Waals surface area (Å²) in [6.45, 7) is 4.47. The maximum Gasteiger partial charge on any atom is 0.234 e. The van der Waals surface area contributed by atoms with Crippen LogP contribution < -0.4 is 10.2 Å². The highest BCUT2D eigenvalue weighted by atomic mass is 16.2. The number of likely N-dealkylation sites (tertiary alicyclic amines) is 1. The Bertz CT molecular complexity index is 1070. The van der Waals surface area contributed by atoms with Crippen molar-refractivity contribution in [1.82, 2.24) is 19.8 Å². The van der Waals surface area contributed by atoms with Crippen LogP contribution in [0.5, 0.6) is 0 Å². The third-order valence-electron chi connectivity index (χ3n) is 6.63. The number of aromatic nitrogens is 2. The van der Waals surface area contributed by atoms with Crippen LogP contribution in [0.2, 0.25) is 0 Å². The number of amides is 1. The number of rotatable bonds is 5. The molecular formula is C25H31N5O. The number of nitrogens with one attached hydrogen (secondary N) is 1. The summed E-state index contributed by atoms with van der Waals surface area (Å²) in [5.74, 6) is 1.15. The van der Waals surface area contributed by atoms with Gasteiger partial charge in [-0.15, -0.1) is 0 Å². The van der Waals surface area contributed by atoms with Crippen molar-refractivity contribution in [2.45, 2.75) is 31.7 Å². The lowest BCUT2D eigenvalue weighted by Crippen LogP contribution is -2.44. The molecule has 2 fully saturated rings. The van der Waals surface area contributed by atoms with Gasteiger partial charge in [0.15, 0.2) is 0 Å². The largest absolute Gasteiger partial charge is 0.369 e. The minimum atomic E-state index is 0.169. The zero-order valence-corrected chi connectivity index (χ0v) is 18.3. The van der Waals surface area contributed by atoms with E-state index in [4.69, 9.17) is 4.98 Å². The topological polar surface area (TPSA) is 53.4 Å². The molecule has 0 saturated carbocycles. The quantitative estimate of drug-likeness (QED) is 0.691. The monoisotopic (exact) mass is 417 g/mol. The van der Waals surface area contributed by atoms with Gasteiger partial charge in [0.2, 0.25) is 5.91 Å². The summed E-state index contributed by atoms with van der Waals surface area (Å²) in [7, 11) is 2.07. The molecule has 1 amide bonds. The molecule has 0 radical (unpaired) electrons. The summed E-state index contributed by atoms with van der Waals surface area (Å²) in [5, 5.41) is 3.26. The number of para-hydroxylation sites is 2. The molecule has 162 valence electrons. The average molecular weight is 418 g/mol. The van der Waals surface area contributed by atoms with Crippen molar-refractivity contribution in [3.63, 3.8) is 0 Å². The Hall–Kier alpha value is -2.86. The lowest BCUT2D eigenvalue weighted by atomic mass is 10.1. The molecule has 1 aromatic heterocycles. The third kappa shape index (κ3) is 4.30. The Morgan fingerprint density at radius 2 is 1.90 bits per heavy atom. The molecule has 31 heavy (non-hydrogen) atoms. The van der Waals surface area contributed by atoms with Crippen molar-refractivity contribution in [1.29, 1.82) is 0 Å². The second-order valence-electron chi connectivity index (χ2n) is 8.87. The highest BCUT2D eigenvalue weighted by Crippen LogP contribution is 2.28. The Balaban J connectivity index is 1.25. The van der Waals surface area contributed by atoms with E-state index < -0.39 is 0 Å². The summed E-state index contributed by atoms with van der Waals surface area (Å²) < 4.78 is 2.15. The molecule has 3 aromatic rings. The fourth-order valence-electron chi connectivity index (χ4n) is 4.95. The number of anilines is 1. The van der Waals surface area contributed by atoms with Crippen LogP contribution in [-0.2, 0) is 11.8 Å². The van der Waals surface area contributed by atoms with Crippen LogP contribution in [0.1, 0.15) is 25.7 Å². The molecule has 0 aliphatic carbocycles. The Kier molecular flexibility index (Phi) is 5.64. The van der Waals surface area contributed by atoms with Gasteiger partial charge in [0, 0.05) is 37.4 Å². The molecule has 2 aliphatic rings. The number of carbonyl (C=O) groups excluding carboxylic acids is 1. The molecule has 2 aliphatic heterocycles. The normalized spacial score (nSPS) is 19.8. The molecule has 5 rings (SSSR count). The molecule has 2 saturated heterocycles. The fourth-order valence-corrected chi connectivity index (χ4v) is 4.95. The number of hydrogen-bond donors (Lipinski definition) is 1. The summed E-state index contributed by atoms with van der Waals surface area (Å²) in [4.78, 5) is 22.0. The number of hydrogen-bond acceptors (Lipinski definition) is 4. The van der Waals surface area contributed by atoms with Gasteiger partial charge in [0.1, 0.15) is 5.82 Å². The van der Waals surface area contributed by atoms with Gasteiger partial charge in [0.25, 0.3) is 0 Å². The molecule has 3 heterocycles. The molecular weight excluding hydrogens is 386 g/mol. The fraction of sp³-hybridized carbons (Fsp3) is 0.440. The van der Waals surface area contributed by atoms with Crippen LogP contribution >= 0.6 is 0 Å². The summed E-state index contributed by atoms with van der Waals surface area (Å²) >= 11 is 0. The van der Waals surface area contributed by atoms with Crippen LogP contribution in [0.3, 0.4) is 0 Å². The number of imidazole rings is 1. The first-order valence-electron chi connectivity index (χ1n) is 11.5. The second-order valence-corrected chi connectivity index (χ2v) is 8.87. The number of nitrogens with zero attached hydrogens (tertiary/aromatic N) is 4. The molecule has 2 aromatic carbocycles. The van der Waals surface area contributed by atoms with Crippen LogP contribution in [0.25, 0.3) is 22.4 Å². The van der Waals surface area contributed by atoms with Crippen molar-refractivity contribution in [3.05, 3.63) is 48.5 Å². The van der Waals surface area contributed by atoms with Gasteiger partial charge in [-0.1, -0.05) is 30.7 Å². The zero-order chi connectivity index (χ0) is 21.2. The third-order valence-corrected chi connectivity index (χ3v) is 6.63. The predicted molar refractivity (Wildman–Crippen MR) is 125 cm³/mol. The number of benzene rings is 2. The van der Waals surface area contributed by atoms with E-state index in [9.17, 15) is 4.79 Å². The SMILES string of the molecule is Cn1c(-c2cccc(N3CC[C@H](NC(=O)CN4CCCCC4)C3)c2)nc2ccccc21. The zero-order valence-electron chi connectivity index (χ0n) is 18.3. The molecule has 1 N–H and O–H groups in total. The number of piperidine rings is 1. The first-order chi connectivity index (χ1) is 15.2. The van der Waals surface area contributed by atoms with E-state index in [0.717, 1.165) is 55.0 Å². The maximum absolute atomic E-state index is 12.5. The molecule has 6 nitrogen and oxygen atoms in total. The number of fused-ring (bicyclic) bond motifs is 1. The van der Waals surface area contributed by atoms with E-state index in [-0.39, 0.29) is 11.9 Å². The van der Waals surface area contributed by atoms with E-state index in [1.54, 1.807) is 0 Å². The van der Waals surface area contributed by atoms with Gasteiger partial charge in [-0.25, -0.2) is 4.98 Å². The lowest BCUT2D eigenvalue weighted by Gasteiger charge is -2.26. The molecule has 1 atom stereocenters. The van der Waals surface area contributed by atoms with E-state index in [0.29, 0.717) is 6.54 Å². The van der Waals surface area contributed by atoms with Gasteiger partial charge in [0.05, 0.1) is 17.6 Å². The van der Waals surface area contributed by atoms with Gasteiger partial charge in [-0.05, 0) is 56.6 Å². The van der Waals surface area contributed by atoms with E-state index in [2.05, 4.69) is 63.1 Å². The smallest absolute Gasteiger partial charge is 0.234 e. The minimum absolute atomic E-state index is 0.169. The van der Waals surface area contributed by atoms with Crippen molar-refractivity contribution in [2.75, 3.05) is 37.6 Å². The van der Waals surface area contributed by atoms with Crippen molar-refractivity contribution in [2.24, 2.45) is 7.05 Å². The summed E-state index contributed by atoms with van der Waals surface area (Å²) in [6.07, 6.45) is 4.71. The van der Waals surface area contributed by atoms with Gasteiger partial charge in [-0.3, -0.25) is 9.69 Å². The highest BCUT2D eigenvalue weighted by molar-refractivity contribution is 5.81. The predicted octanol–water partition coefficient (Wildman–Crippen LogP) is 3.42. The van der Waals surface area contributed by atoms with E-state index >= 15 is 0 Å². The molecule has 0 spiro atoms. The first-order valence-corrected chi connectivity index (χ1v) is 11.5. The molecule has 0 unspecified atom stereocenters. The van der Waals surface area contributed by atoms with Crippen molar-refractivity contribution < 1.29 is 4.79 Å². The average Bonchev–Trinajstić information content (AvgIpc) is 3.39. The summed E-state index contributed by atoms with van der Waals surface area (Å²) in [5.41, 5.74) is 4.47. The Morgan fingerprint density at radius 3 is 2.74 bits per heavy atom. The highest BCUT2D eigenvalue weighted by Gasteiger charge is 2.25. The standard InChI is InChI=1S/C25H31N5O/c1-28-23-11-4-3-10-22(23)27-25(28)19-8-7-9-21(16-19)30-15-12-20(17-30)26-24(31)18-29-13-5-2-6-14-29/h3-4,7-11,16,20H,2,5-6,12-15,17-18H2,1H3,(H,26,31)/t20-/m0/s1. The van der Waals surface area contributed by atoms with Gasteiger partial charge in [-0.2, -0.15) is 0 Å². The van der Waals surface area contributed by atoms with Crippen molar-refractivity contribution >= 4 is 22.6 Å². The summed E-state index contributed by atoms with van der Waals surface area (Å²) in [6, 6.07) is 17.1. The molecule has 0 bridgehead atoms. The number of aryl methyl sites for hydroxylation is 1.